The second-order valence-corrected chi connectivity index (χ2v) is 5.80. The van der Waals surface area contributed by atoms with E-state index in [4.69, 9.17) is 10.5 Å². The minimum absolute atomic E-state index is 0.0128. The number of hydrogen-bond donors (Lipinski definition) is 1. The Balaban J connectivity index is 1.89. The van der Waals surface area contributed by atoms with Gasteiger partial charge < -0.3 is 10.5 Å². The molecule has 0 amide bonds. The van der Waals surface area contributed by atoms with Gasteiger partial charge in [-0.25, -0.2) is 0 Å². The molecule has 2 nitrogen and oxygen atoms in total. The Morgan fingerprint density at radius 3 is 3.00 bits per heavy atom. The molecule has 0 saturated carbocycles. The first-order chi connectivity index (χ1) is 8.78. The second-order valence-electron chi connectivity index (χ2n) is 4.60. The van der Waals surface area contributed by atoms with Crippen molar-refractivity contribution in [1.29, 1.82) is 0 Å². The van der Waals surface area contributed by atoms with Gasteiger partial charge in [-0.05, 0) is 35.7 Å². The summed E-state index contributed by atoms with van der Waals surface area (Å²) in [5.74, 6) is 1.02. The van der Waals surface area contributed by atoms with E-state index in [0.717, 1.165) is 25.2 Å². The summed E-state index contributed by atoms with van der Waals surface area (Å²) in [4.78, 5) is 2.63. The Bertz CT molecular complexity index is 561. The second kappa shape index (κ2) is 4.75. The molecule has 0 radical (unpaired) electrons. The molecular weight excluding hydrogens is 242 g/mol. The van der Waals surface area contributed by atoms with Gasteiger partial charge in [-0.1, -0.05) is 19.1 Å². The molecule has 1 unspecified atom stereocenters. The van der Waals surface area contributed by atoms with E-state index >= 15 is 0 Å². The molecule has 3 rings (SSSR count). The lowest BCUT2D eigenvalue weighted by molar-refractivity contribution is 0.357. The highest BCUT2D eigenvalue weighted by atomic mass is 32.1. The topological polar surface area (TPSA) is 35.2 Å². The van der Waals surface area contributed by atoms with Gasteiger partial charge in [0.1, 0.15) is 5.75 Å². The molecule has 2 N–H and O–H groups in total. The Hall–Kier alpha value is -1.32. The summed E-state index contributed by atoms with van der Waals surface area (Å²) in [6.07, 6.45) is 2.08. The van der Waals surface area contributed by atoms with E-state index in [2.05, 4.69) is 31.2 Å². The number of aryl methyl sites for hydroxylation is 1. The Kier molecular flexibility index (Phi) is 3.10. The van der Waals surface area contributed by atoms with Crippen molar-refractivity contribution >= 4 is 11.3 Å². The monoisotopic (exact) mass is 259 g/mol. The van der Waals surface area contributed by atoms with Crippen LogP contribution in [0.1, 0.15) is 33.8 Å². The first-order valence-corrected chi connectivity index (χ1v) is 7.19. The third-order valence-electron chi connectivity index (χ3n) is 3.41. The van der Waals surface area contributed by atoms with Gasteiger partial charge in [0.15, 0.2) is 0 Å². The lowest BCUT2D eigenvalue weighted by atomic mass is 10.0. The molecule has 0 spiro atoms. The van der Waals surface area contributed by atoms with E-state index < -0.39 is 0 Å². The predicted molar refractivity (Wildman–Crippen MR) is 75.4 cm³/mol. The average molecular weight is 259 g/mol. The van der Waals surface area contributed by atoms with Crippen LogP contribution in [-0.4, -0.2) is 6.61 Å². The number of thiophene rings is 1. The summed E-state index contributed by atoms with van der Waals surface area (Å²) >= 11 is 1.81. The first-order valence-electron chi connectivity index (χ1n) is 6.37. The van der Waals surface area contributed by atoms with Gasteiger partial charge in [0.25, 0.3) is 0 Å². The highest BCUT2D eigenvalue weighted by Gasteiger charge is 2.16. The molecule has 0 fully saturated rings. The summed E-state index contributed by atoms with van der Waals surface area (Å²) in [5.41, 5.74) is 8.82. The zero-order chi connectivity index (χ0) is 12.5. The maximum atomic E-state index is 6.35. The zero-order valence-corrected chi connectivity index (χ0v) is 11.3. The van der Waals surface area contributed by atoms with Crippen LogP contribution in [0.15, 0.2) is 30.3 Å². The van der Waals surface area contributed by atoms with Crippen LogP contribution in [0.4, 0.5) is 0 Å². The Labute approximate surface area is 111 Å². The molecule has 2 aromatic rings. The molecule has 2 heterocycles. The van der Waals surface area contributed by atoms with Gasteiger partial charge in [-0.3, -0.25) is 0 Å². The zero-order valence-electron chi connectivity index (χ0n) is 10.5. The van der Waals surface area contributed by atoms with E-state index in [1.54, 1.807) is 0 Å². The smallest absolute Gasteiger partial charge is 0.122 e. The maximum absolute atomic E-state index is 6.35. The number of benzene rings is 1. The summed E-state index contributed by atoms with van der Waals surface area (Å²) < 4.78 is 5.52. The lowest BCUT2D eigenvalue weighted by Gasteiger charge is -2.11. The van der Waals surface area contributed by atoms with Crippen molar-refractivity contribution in [3.05, 3.63) is 51.2 Å². The van der Waals surface area contributed by atoms with Crippen LogP contribution in [-0.2, 0) is 12.8 Å². The fraction of sp³-hybridized carbons (Fsp3) is 0.333. The highest BCUT2D eigenvalue weighted by Crippen LogP contribution is 2.32. The largest absolute Gasteiger partial charge is 0.493 e. The van der Waals surface area contributed by atoms with Crippen molar-refractivity contribution in [2.24, 2.45) is 5.73 Å². The molecule has 1 aliphatic rings. The maximum Gasteiger partial charge on any atom is 0.122 e. The molecule has 18 heavy (non-hydrogen) atoms. The Morgan fingerprint density at radius 2 is 2.22 bits per heavy atom. The molecular formula is C15H17NOS. The summed E-state index contributed by atoms with van der Waals surface area (Å²) in [5, 5.41) is 0. The van der Waals surface area contributed by atoms with E-state index in [1.165, 1.54) is 20.9 Å². The van der Waals surface area contributed by atoms with Crippen LogP contribution in [0.5, 0.6) is 5.75 Å². The third kappa shape index (κ3) is 2.04. The summed E-state index contributed by atoms with van der Waals surface area (Å²) in [6, 6.07) is 10.6. The summed E-state index contributed by atoms with van der Waals surface area (Å²) in [7, 11) is 0. The quantitative estimate of drug-likeness (QED) is 0.918. The number of nitrogens with two attached hydrogens (primary N) is 1. The van der Waals surface area contributed by atoms with E-state index in [1.807, 2.05) is 17.4 Å². The van der Waals surface area contributed by atoms with Crippen LogP contribution in [0.2, 0.25) is 0 Å². The molecule has 1 aromatic carbocycles. The van der Waals surface area contributed by atoms with E-state index in [-0.39, 0.29) is 6.04 Å². The summed E-state index contributed by atoms with van der Waals surface area (Å²) in [6.45, 7) is 2.97. The van der Waals surface area contributed by atoms with Gasteiger partial charge in [-0.15, -0.1) is 11.3 Å². The fourth-order valence-electron chi connectivity index (χ4n) is 2.32. The van der Waals surface area contributed by atoms with Crippen molar-refractivity contribution in [3.8, 4) is 5.75 Å². The first kappa shape index (κ1) is 11.8. The van der Waals surface area contributed by atoms with Crippen LogP contribution >= 0.6 is 11.3 Å². The predicted octanol–water partition coefficient (Wildman–Crippen LogP) is 3.29. The molecule has 1 aromatic heterocycles. The molecule has 1 aliphatic heterocycles. The van der Waals surface area contributed by atoms with Crippen LogP contribution in [0.3, 0.4) is 0 Å². The normalized spacial score (nSPS) is 15.2. The van der Waals surface area contributed by atoms with Gasteiger partial charge in [-0.2, -0.15) is 0 Å². The van der Waals surface area contributed by atoms with Gasteiger partial charge in [0.05, 0.1) is 12.6 Å². The molecule has 0 saturated heterocycles. The van der Waals surface area contributed by atoms with Crippen molar-refractivity contribution in [3.63, 3.8) is 0 Å². The third-order valence-corrected chi connectivity index (χ3v) is 4.72. The standard InChI is InChI=1S/C15H17NOS/c1-2-12-4-6-14(18-12)15(16)11-3-5-13-10(9-11)7-8-17-13/h3-6,9,15H,2,7-8,16H2,1H3. The minimum Gasteiger partial charge on any atom is -0.493 e. The molecule has 3 heteroatoms. The fourth-order valence-corrected chi connectivity index (χ4v) is 3.30. The van der Waals surface area contributed by atoms with Crippen molar-refractivity contribution in [2.45, 2.75) is 25.8 Å². The average Bonchev–Trinajstić information content (AvgIpc) is 3.05. The van der Waals surface area contributed by atoms with Crippen LogP contribution in [0, 0.1) is 0 Å². The number of hydrogen-bond acceptors (Lipinski definition) is 3. The lowest BCUT2D eigenvalue weighted by Crippen LogP contribution is -2.10. The number of ether oxygens (including phenoxy) is 1. The van der Waals surface area contributed by atoms with E-state index in [9.17, 15) is 0 Å². The number of fused-ring (bicyclic) bond motifs is 1. The molecule has 0 bridgehead atoms. The SMILES string of the molecule is CCc1ccc(C(N)c2ccc3c(c2)CCO3)s1. The van der Waals surface area contributed by atoms with Gasteiger partial charge >= 0.3 is 0 Å². The molecule has 94 valence electrons. The molecule has 0 aliphatic carbocycles. The molecule has 1 atom stereocenters. The number of rotatable bonds is 3. The van der Waals surface area contributed by atoms with Crippen molar-refractivity contribution in [1.82, 2.24) is 0 Å². The Morgan fingerprint density at radius 1 is 1.33 bits per heavy atom. The highest BCUT2D eigenvalue weighted by molar-refractivity contribution is 7.12. The van der Waals surface area contributed by atoms with E-state index in [0.29, 0.717) is 0 Å². The van der Waals surface area contributed by atoms with Crippen molar-refractivity contribution < 1.29 is 4.74 Å². The van der Waals surface area contributed by atoms with Crippen LogP contribution in [0.25, 0.3) is 0 Å². The van der Waals surface area contributed by atoms with Crippen molar-refractivity contribution in [2.75, 3.05) is 6.61 Å². The van der Waals surface area contributed by atoms with Gasteiger partial charge in [0, 0.05) is 16.2 Å². The minimum atomic E-state index is -0.0128. The van der Waals surface area contributed by atoms with Crippen LogP contribution < -0.4 is 10.5 Å². The van der Waals surface area contributed by atoms with Gasteiger partial charge in [0.2, 0.25) is 0 Å².